The fourth-order valence-corrected chi connectivity index (χ4v) is 3.87. The standard InChI is InChI=1S/C26H20FN5/c1-15(21-10-17(13-31-26(21)29)16-9-18(28)14-30-12-16)25-11-22-19(6-4-8-24(22)32-25)20-5-2-3-7-23(20)27/h2-14,32H,1,28H2,(H2,29,31). The lowest BCUT2D eigenvalue weighted by Gasteiger charge is -2.10. The SMILES string of the molecule is C=C(c1cc2c(-c3ccccc3F)cccc2[nH]1)c1cc(-c2cncc(N)c2)cnc1N. The van der Waals surface area contributed by atoms with E-state index in [0.29, 0.717) is 28.2 Å². The number of pyridine rings is 2. The molecule has 0 saturated heterocycles. The summed E-state index contributed by atoms with van der Waals surface area (Å²) >= 11 is 0. The van der Waals surface area contributed by atoms with Crippen molar-refractivity contribution in [1.82, 2.24) is 15.0 Å². The molecule has 3 aromatic heterocycles. The second kappa shape index (κ2) is 7.67. The minimum atomic E-state index is -0.265. The number of aromatic nitrogens is 3. The Kier molecular flexibility index (Phi) is 4.67. The van der Waals surface area contributed by atoms with E-state index in [0.717, 1.165) is 33.3 Å². The average molecular weight is 421 g/mol. The Hall–Kier alpha value is -4.45. The molecule has 5 N–H and O–H groups in total. The van der Waals surface area contributed by atoms with E-state index in [2.05, 4.69) is 21.5 Å². The first-order valence-corrected chi connectivity index (χ1v) is 10.0. The number of nitrogen functional groups attached to an aromatic ring is 2. The van der Waals surface area contributed by atoms with Crippen LogP contribution in [0.4, 0.5) is 15.9 Å². The first-order chi connectivity index (χ1) is 15.5. The minimum absolute atomic E-state index is 0.265. The normalized spacial score (nSPS) is 11.0. The third-order valence-electron chi connectivity index (χ3n) is 5.49. The Morgan fingerprint density at radius 2 is 1.66 bits per heavy atom. The number of nitrogens with two attached hydrogens (primary N) is 2. The zero-order valence-electron chi connectivity index (χ0n) is 17.1. The van der Waals surface area contributed by atoms with Gasteiger partial charge in [0.25, 0.3) is 0 Å². The summed E-state index contributed by atoms with van der Waals surface area (Å²) in [5.41, 5.74) is 18.7. The number of fused-ring (bicyclic) bond motifs is 1. The van der Waals surface area contributed by atoms with Gasteiger partial charge < -0.3 is 16.5 Å². The van der Waals surface area contributed by atoms with Crippen LogP contribution in [0.1, 0.15) is 11.3 Å². The van der Waals surface area contributed by atoms with Crippen molar-refractivity contribution in [3.05, 3.63) is 103 Å². The highest BCUT2D eigenvalue weighted by Gasteiger charge is 2.15. The van der Waals surface area contributed by atoms with Crippen LogP contribution in [0.5, 0.6) is 0 Å². The summed E-state index contributed by atoms with van der Waals surface area (Å²) in [5, 5.41) is 0.900. The molecule has 32 heavy (non-hydrogen) atoms. The zero-order valence-corrected chi connectivity index (χ0v) is 17.1. The molecule has 0 unspecified atom stereocenters. The van der Waals surface area contributed by atoms with E-state index in [9.17, 15) is 4.39 Å². The van der Waals surface area contributed by atoms with Crippen LogP contribution >= 0.6 is 0 Å². The summed E-state index contributed by atoms with van der Waals surface area (Å²) in [7, 11) is 0. The Bertz CT molecular complexity index is 1490. The van der Waals surface area contributed by atoms with Crippen LogP contribution in [0.2, 0.25) is 0 Å². The number of rotatable bonds is 4. The van der Waals surface area contributed by atoms with Crippen molar-refractivity contribution in [2.24, 2.45) is 0 Å². The minimum Gasteiger partial charge on any atom is -0.397 e. The van der Waals surface area contributed by atoms with E-state index in [1.54, 1.807) is 30.7 Å². The van der Waals surface area contributed by atoms with Crippen LogP contribution < -0.4 is 11.5 Å². The van der Waals surface area contributed by atoms with Crippen molar-refractivity contribution in [1.29, 1.82) is 0 Å². The highest BCUT2D eigenvalue weighted by atomic mass is 19.1. The molecule has 156 valence electrons. The van der Waals surface area contributed by atoms with Gasteiger partial charge in [-0.25, -0.2) is 9.37 Å². The summed E-state index contributed by atoms with van der Waals surface area (Å²) < 4.78 is 14.5. The third kappa shape index (κ3) is 3.37. The predicted molar refractivity (Wildman–Crippen MR) is 128 cm³/mol. The summed E-state index contributed by atoms with van der Waals surface area (Å²) in [4.78, 5) is 11.9. The maximum absolute atomic E-state index is 14.5. The molecule has 0 saturated carbocycles. The summed E-state index contributed by atoms with van der Waals surface area (Å²) in [5.74, 6) is 0.0991. The van der Waals surface area contributed by atoms with Crippen LogP contribution in [0.25, 0.3) is 38.7 Å². The molecule has 0 amide bonds. The number of hydrogen-bond acceptors (Lipinski definition) is 4. The number of H-pyrrole nitrogens is 1. The molecule has 0 fully saturated rings. The van der Waals surface area contributed by atoms with Gasteiger partial charge in [0, 0.05) is 63.0 Å². The van der Waals surface area contributed by atoms with Gasteiger partial charge in [-0.3, -0.25) is 4.98 Å². The number of nitrogens with zero attached hydrogens (tertiary/aromatic N) is 2. The van der Waals surface area contributed by atoms with Crippen LogP contribution in [-0.2, 0) is 0 Å². The first-order valence-electron chi connectivity index (χ1n) is 10.0. The smallest absolute Gasteiger partial charge is 0.131 e. The van der Waals surface area contributed by atoms with E-state index >= 15 is 0 Å². The molecule has 0 aliphatic heterocycles. The number of nitrogens with one attached hydrogen (secondary N) is 1. The van der Waals surface area contributed by atoms with Crippen molar-refractivity contribution >= 4 is 28.0 Å². The maximum atomic E-state index is 14.5. The highest BCUT2D eigenvalue weighted by molar-refractivity contribution is 5.99. The Labute approximate surface area is 184 Å². The molecular weight excluding hydrogens is 401 g/mol. The van der Waals surface area contributed by atoms with Crippen molar-refractivity contribution in [3.8, 4) is 22.3 Å². The van der Waals surface area contributed by atoms with Crippen molar-refractivity contribution in [3.63, 3.8) is 0 Å². The fraction of sp³-hybridized carbons (Fsp3) is 0. The second-order valence-corrected chi connectivity index (χ2v) is 7.57. The van der Waals surface area contributed by atoms with Gasteiger partial charge >= 0.3 is 0 Å². The predicted octanol–water partition coefficient (Wildman–Crippen LogP) is 5.66. The quantitative estimate of drug-likeness (QED) is 0.349. The molecule has 0 atom stereocenters. The lowest BCUT2D eigenvalue weighted by atomic mass is 9.99. The molecule has 0 aliphatic carbocycles. The molecular formula is C26H20FN5. The number of benzene rings is 2. The monoisotopic (exact) mass is 421 g/mol. The fourth-order valence-electron chi connectivity index (χ4n) is 3.87. The van der Waals surface area contributed by atoms with Gasteiger partial charge in [0.05, 0.1) is 5.69 Å². The number of anilines is 2. The third-order valence-corrected chi connectivity index (χ3v) is 5.49. The summed E-state index contributed by atoms with van der Waals surface area (Å²) in [6, 6.07) is 18.2. The summed E-state index contributed by atoms with van der Waals surface area (Å²) in [6.07, 6.45) is 5.00. The van der Waals surface area contributed by atoms with E-state index < -0.39 is 0 Å². The molecule has 0 spiro atoms. The number of hydrogen-bond donors (Lipinski definition) is 3. The van der Waals surface area contributed by atoms with Crippen LogP contribution in [0, 0.1) is 5.82 Å². The Morgan fingerprint density at radius 1 is 0.875 bits per heavy atom. The van der Waals surface area contributed by atoms with Crippen LogP contribution in [0.15, 0.2) is 85.8 Å². The molecule has 3 heterocycles. The number of aromatic amines is 1. The molecule has 2 aromatic carbocycles. The van der Waals surface area contributed by atoms with Crippen molar-refractivity contribution < 1.29 is 4.39 Å². The highest BCUT2D eigenvalue weighted by Crippen LogP contribution is 2.35. The first kappa shape index (κ1) is 19.5. The lowest BCUT2D eigenvalue weighted by molar-refractivity contribution is 0.631. The van der Waals surface area contributed by atoms with Crippen molar-refractivity contribution in [2.75, 3.05) is 11.5 Å². The average Bonchev–Trinajstić information content (AvgIpc) is 3.24. The van der Waals surface area contributed by atoms with Gasteiger partial charge in [-0.1, -0.05) is 36.9 Å². The molecule has 0 radical (unpaired) electrons. The van der Waals surface area contributed by atoms with Gasteiger partial charge in [-0.2, -0.15) is 0 Å². The maximum Gasteiger partial charge on any atom is 0.131 e. The van der Waals surface area contributed by atoms with Crippen LogP contribution in [-0.4, -0.2) is 15.0 Å². The Morgan fingerprint density at radius 3 is 2.47 bits per heavy atom. The van der Waals surface area contributed by atoms with Gasteiger partial charge in [0.2, 0.25) is 0 Å². The van der Waals surface area contributed by atoms with E-state index in [4.69, 9.17) is 11.5 Å². The van der Waals surface area contributed by atoms with E-state index in [-0.39, 0.29) is 5.82 Å². The summed E-state index contributed by atoms with van der Waals surface area (Å²) in [6.45, 7) is 4.26. The van der Waals surface area contributed by atoms with Gasteiger partial charge in [0.15, 0.2) is 0 Å². The van der Waals surface area contributed by atoms with Gasteiger partial charge in [-0.15, -0.1) is 0 Å². The molecule has 5 nitrogen and oxygen atoms in total. The topological polar surface area (TPSA) is 93.6 Å². The second-order valence-electron chi connectivity index (χ2n) is 7.57. The van der Waals surface area contributed by atoms with E-state index in [1.807, 2.05) is 42.5 Å². The molecule has 5 rings (SSSR count). The van der Waals surface area contributed by atoms with Gasteiger partial charge in [-0.05, 0) is 35.9 Å². The van der Waals surface area contributed by atoms with Gasteiger partial charge in [0.1, 0.15) is 11.6 Å². The largest absolute Gasteiger partial charge is 0.397 e. The van der Waals surface area contributed by atoms with Crippen molar-refractivity contribution in [2.45, 2.75) is 0 Å². The lowest BCUT2D eigenvalue weighted by Crippen LogP contribution is -1.99. The molecule has 6 heteroatoms. The molecule has 5 aromatic rings. The zero-order chi connectivity index (χ0) is 22.2. The Balaban J connectivity index is 1.60. The molecule has 0 bridgehead atoms. The van der Waals surface area contributed by atoms with Crippen LogP contribution in [0.3, 0.4) is 0 Å². The molecule has 0 aliphatic rings. The number of halogens is 1. The van der Waals surface area contributed by atoms with E-state index in [1.165, 1.54) is 6.07 Å².